The van der Waals surface area contributed by atoms with Crippen molar-refractivity contribution < 1.29 is 27.8 Å². The summed E-state index contributed by atoms with van der Waals surface area (Å²) in [6.45, 7) is 3.11. The highest BCUT2D eigenvalue weighted by Gasteiger charge is 2.62. The smallest absolute Gasteiger partial charge is 0.419 e. The van der Waals surface area contributed by atoms with E-state index in [1.165, 1.54) is 19.2 Å². The fourth-order valence-electron chi connectivity index (χ4n) is 4.22. The summed E-state index contributed by atoms with van der Waals surface area (Å²) in [5.74, 6) is -2.04. The first kappa shape index (κ1) is 20.3. The van der Waals surface area contributed by atoms with Crippen LogP contribution in [0.15, 0.2) is 36.5 Å². The number of aryl methyl sites for hydroxylation is 1. The van der Waals surface area contributed by atoms with Crippen LogP contribution < -0.4 is 5.32 Å². The number of aromatic nitrogens is 2. The van der Waals surface area contributed by atoms with Crippen molar-refractivity contribution >= 4 is 16.6 Å². The number of rotatable bonds is 2. The first-order valence-corrected chi connectivity index (χ1v) is 9.32. The summed E-state index contributed by atoms with van der Waals surface area (Å²) < 4.78 is 56.1. The predicted molar refractivity (Wildman–Crippen MR) is 103 cm³/mol. The summed E-state index contributed by atoms with van der Waals surface area (Å²) in [7, 11) is 0. The number of alkyl halides is 3. The molecule has 1 aliphatic rings. The summed E-state index contributed by atoms with van der Waals surface area (Å²) in [6.07, 6.45) is -4.22. The third-order valence-electron chi connectivity index (χ3n) is 5.64. The van der Waals surface area contributed by atoms with E-state index in [0.29, 0.717) is 16.7 Å². The van der Waals surface area contributed by atoms with Crippen LogP contribution in [0.1, 0.15) is 42.3 Å². The summed E-state index contributed by atoms with van der Waals surface area (Å²) in [5.41, 5.74) is -2.30. The van der Waals surface area contributed by atoms with E-state index in [1.807, 2.05) is 0 Å². The molecule has 0 bridgehead atoms. The van der Waals surface area contributed by atoms with Crippen LogP contribution in [-0.2, 0) is 0 Å². The summed E-state index contributed by atoms with van der Waals surface area (Å²) in [5, 5.41) is 24.3. The molecule has 0 saturated heterocycles. The minimum Gasteiger partial charge on any atom is -0.505 e. The zero-order chi connectivity index (χ0) is 21.8. The molecule has 5 nitrogen and oxygen atoms in total. The van der Waals surface area contributed by atoms with Gasteiger partial charge in [-0.3, -0.25) is 0 Å². The summed E-state index contributed by atoms with van der Waals surface area (Å²) in [6, 6.07) is 5.26. The van der Waals surface area contributed by atoms with Crippen LogP contribution in [0.2, 0.25) is 0 Å². The fourth-order valence-corrected chi connectivity index (χ4v) is 4.22. The van der Waals surface area contributed by atoms with Gasteiger partial charge in [0.2, 0.25) is 0 Å². The zero-order valence-corrected chi connectivity index (χ0v) is 16.1. The number of hydrogen-bond acceptors (Lipinski definition) is 5. The molecule has 3 aromatic rings. The molecule has 158 valence electrons. The fraction of sp³-hybridized carbons (Fsp3) is 0.333. The molecule has 0 radical (unpaired) electrons. The van der Waals surface area contributed by atoms with Gasteiger partial charge in [0.05, 0.1) is 11.6 Å². The Labute approximate surface area is 169 Å². The molecular formula is C21H19F4N3O2. The molecule has 1 aromatic heterocycles. The van der Waals surface area contributed by atoms with E-state index in [2.05, 4.69) is 15.3 Å². The second kappa shape index (κ2) is 6.80. The Morgan fingerprint density at radius 2 is 1.93 bits per heavy atom. The molecule has 9 heteroatoms. The lowest BCUT2D eigenvalue weighted by molar-refractivity contribution is -0.272. The molecule has 2 aromatic carbocycles. The molecule has 3 unspecified atom stereocenters. The van der Waals surface area contributed by atoms with Crippen molar-refractivity contribution in [3.8, 4) is 5.75 Å². The summed E-state index contributed by atoms with van der Waals surface area (Å²) in [4.78, 5) is 8.37. The Bertz CT molecular complexity index is 1140. The number of fused-ring (bicyclic) bond motifs is 2. The third-order valence-corrected chi connectivity index (χ3v) is 5.64. The number of phenolic OH excluding ortho intramolecular Hbond substituents is 1. The molecule has 0 aliphatic heterocycles. The van der Waals surface area contributed by atoms with Gasteiger partial charge in [-0.2, -0.15) is 13.2 Å². The third kappa shape index (κ3) is 3.04. The van der Waals surface area contributed by atoms with Crippen molar-refractivity contribution in [3.63, 3.8) is 0 Å². The molecule has 4 rings (SSSR count). The molecule has 0 spiro atoms. The highest BCUT2D eigenvalue weighted by atomic mass is 19.4. The van der Waals surface area contributed by atoms with E-state index in [-0.39, 0.29) is 16.8 Å². The molecule has 1 aliphatic carbocycles. The van der Waals surface area contributed by atoms with E-state index >= 15 is 0 Å². The van der Waals surface area contributed by atoms with Gasteiger partial charge < -0.3 is 15.5 Å². The maximum atomic E-state index is 14.0. The van der Waals surface area contributed by atoms with Crippen LogP contribution >= 0.6 is 0 Å². The second-order valence-electron chi connectivity index (χ2n) is 7.66. The van der Waals surface area contributed by atoms with Gasteiger partial charge in [-0.1, -0.05) is 19.1 Å². The number of aromatic hydroxyl groups is 1. The first-order chi connectivity index (χ1) is 14.0. The number of aliphatic hydroxyl groups is 1. The van der Waals surface area contributed by atoms with Gasteiger partial charge in [0.1, 0.15) is 5.82 Å². The number of halogens is 4. The van der Waals surface area contributed by atoms with Gasteiger partial charge in [-0.25, -0.2) is 14.4 Å². The standard InChI is InChI=1S/C21H19F4N3O2/c1-10-8-20(30,21(23,24)25)19(12-6-7-14(22)18(29)17(10)12)28-16-5-3-4-15-13(16)9-26-11(2)27-15/h3-7,9-10,19,28-30H,8H2,1-2H3. The van der Waals surface area contributed by atoms with Crippen LogP contribution in [-0.4, -0.2) is 32.0 Å². The number of phenols is 1. The van der Waals surface area contributed by atoms with Crippen LogP contribution in [0.25, 0.3) is 10.9 Å². The van der Waals surface area contributed by atoms with Crippen molar-refractivity contribution in [2.24, 2.45) is 0 Å². The number of benzene rings is 2. The molecule has 0 amide bonds. The van der Waals surface area contributed by atoms with Gasteiger partial charge in [-0.15, -0.1) is 0 Å². The predicted octanol–water partition coefficient (Wildman–Crippen LogP) is 4.74. The van der Waals surface area contributed by atoms with E-state index in [4.69, 9.17) is 0 Å². The van der Waals surface area contributed by atoms with Crippen LogP contribution in [0.5, 0.6) is 5.75 Å². The molecule has 0 fully saturated rings. The molecule has 1 heterocycles. The van der Waals surface area contributed by atoms with Crippen molar-refractivity contribution in [3.05, 3.63) is 59.3 Å². The van der Waals surface area contributed by atoms with Crippen LogP contribution in [0.3, 0.4) is 0 Å². The topological polar surface area (TPSA) is 78.3 Å². The maximum absolute atomic E-state index is 14.0. The van der Waals surface area contributed by atoms with E-state index in [1.54, 1.807) is 25.1 Å². The number of hydrogen-bond donors (Lipinski definition) is 3. The highest BCUT2D eigenvalue weighted by Crippen LogP contribution is 2.54. The Hall–Kier alpha value is -2.94. The summed E-state index contributed by atoms with van der Waals surface area (Å²) >= 11 is 0. The largest absolute Gasteiger partial charge is 0.505 e. The average Bonchev–Trinajstić information content (AvgIpc) is 2.66. The van der Waals surface area contributed by atoms with Crippen LogP contribution in [0.4, 0.5) is 23.2 Å². The van der Waals surface area contributed by atoms with Crippen molar-refractivity contribution in [2.75, 3.05) is 5.32 Å². The van der Waals surface area contributed by atoms with Gasteiger partial charge in [0.15, 0.2) is 17.2 Å². The SMILES string of the molecule is Cc1ncc2c(NC3c4ccc(F)c(O)c4C(C)CC3(O)C(F)(F)F)cccc2n1. The van der Waals surface area contributed by atoms with Gasteiger partial charge >= 0.3 is 6.18 Å². The lowest BCUT2D eigenvalue weighted by Crippen LogP contribution is -2.55. The number of nitrogens with zero attached hydrogens (tertiary/aromatic N) is 2. The minimum absolute atomic E-state index is 0.0162. The molecule has 0 saturated carbocycles. The quantitative estimate of drug-likeness (QED) is 0.521. The Morgan fingerprint density at radius 1 is 1.20 bits per heavy atom. The first-order valence-electron chi connectivity index (χ1n) is 9.32. The molecule has 3 N–H and O–H groups in total. The van der Waals surface area contributed by atoms with Crippen molar-refractivity contribution in [1.29, 1.82) is 0 Å². The Balaban J connectivity index is 1.92. The minimum atomic E-state index is -4.97. The van der Waals surface area contributed by atoms with Gasteiger partial charge in [0.25, 0.3) is 0 Å². The van der Waals surface area contributed by atoms with Crippen molar-refractivity contribution in [1.82, 2.24) is 9.97 Å². The molecule has 30 heavy (non-hydrogen) atoms. The number of nitrogens with one attached hydrogen (secondary N) is 1. The average molecular weight is 421 g/mol. The van der Waals surface area contributed by atoms with Crippen LogP contribution in [0, 0.1) is 12.7 Å². The monoisotopic (exact) mass is 421 g/mol. The van der Waals surface area contributed by atoms with E-state index in [9.17, 15) is 27.8 Å². The number of anilines is 1. The van der Waals surface area contributed by atoms with Gasteiger partial charge in [-0.05, 0) is 43.0 Å². The van der Waals surface area contributed by atoms with Gasteiger partial charge in [0, 0.05) is 22.8 Å². The Morgan fingerprint density at radius 3 is 2.63 bits per heavy atom. The van der Waals surface area contributed by atoms with Crippen molar-refractivity contribution in [2.45, 2.75) is 44.0 Å². The second-order valence-corrected chi connectivity index (χ2v) is 7.66. The Kier molecular flexibility index (Phi) is 4.61. The normalized spacial score (nSPS) is 24.0. The zero-order valence-electron chi connectivity index (χ0n) is 16.1. The highest BCUT2D eigenvalue weighted by molar-refractivity contribution is 5.91. The maximum Gasteiger partial charge on any atom is 0.419 e. The van der Waals surface area contributed by atoms with E-state index < -0.39 is 41.7 Å². The van der Waals surface area contributed by atoms with E-state index in [0.717, 1.165) is 6.07 Å². The molecular weight excluding hydrogens is 402 g/mol. The lowest BCUT2D eigenvalue weighted by Gasteiger charge is -2.45. The lowest BCUT2D eigenvalue weighted by atomic mass is 9.70. The molecule has 3 atom stereocenters.